The number of ether oxygens (including phenoxy) is 2. The molecule has 1 aromatic carbocycles. The molecule has 0 spiro atoms. The molecule has 0 aromatic heterocycles. The Balaban J connectivity index is 1.97. The Morgan fingerprint density at radius 1 is 1.50 bits per heavy atom. The average molecular weight is 286 g/mol. The normalized spacial score (nSPS) is 17.7. The van der Waals surface area contributed by atoms with Gasteiger partial charge in [0, 0.05) is 17.6 Å². The molecule has 1 aliphatic heterocycles. The van der Waals surface area contributed by atoms with E-state index in [0.717, 1.165) is 35.7 Å². The lowest BCUT2D eigenvalue weighted by Gasteiger charge is -2.38. The third-order valence-corrected chi connectivity index (χ3v) is 3.39. The van der Waals surface area contributed by atoms with Crippen LogP contribution < -0.4 is 10.1 Å². The number of hydrogen-bond donors (Lipinski definition) is 1. The third kappa shape index (κ3) is 2.50. The molecule has 0 aliphatic carbocycles. The summed E-state index contributed by atoms with van der Waals surface area (Å²) in [5, 5.41) is 3.41. The maximum atomic E-state index is 5.22. The molecule has 0 bridgehead atoms. The van der Waals surface area contributed by atoms with E-state index < -0.39 is 0 Å². The molecule has 16 heavy (non-hydrogen) atoms. The molecule has 1 heterocycles. The maximum Gasteiger partial charge on any atom is 0.133 e. The van der Waals surface area contributed by atoms with Gasteiger partial charge in [0.1, 0.15) is 5.75 Å². The van der Waals surface area contributed by atoms with Crippen LogP contribution in [-0.2, 0) is 4.74 Å². The zero-order chi connectivity index (χ0) is 11.6. The fourth-order valence-electron chi connectivity index (χ4n) is 1.64. The summed E-state index contributed by atoms with van der Waals surface area (Å²) in [5.74, 6) is 0.851. The van der Waals surface area contributed by atoms with Gasteiger partial charge in [-0.1, -0.05) is 6.92 Å². The van der Waals surface area contributed by atoms with Gasteiger partial charge >= 0.3 is 0 Å². The van der Waals surface area contributed by atoms with Crippen molar-refractivity contribution in [3.05, 3.63) is 22.7 Å². The quantitative estimate of drug-likeness (QED) is 0.923. The van der Waals surface area contributed by atoms with E-state index in [1.165, 1.54) is 0 Å². The van der Waals surface area contributed by atoms with E-state index in [1.54, 1.807) is 7.11 Å². The molecule has 2 rings (SSSR count). The molecular formula is C12H16BrNO2. The zero-order valence-corrected chi connectivity index (χ0v) is 11.1. The first-order valence-corrected chi connectivity index (χ1v) is 6.07. The molecule has 1 aliphatic rings. The summed E-state index contributed by atoms with van der Waals surface area (Å²) in [4.78, 5) is 0. The summed E-state index contributed by atoms with van der Waals surface area (Å²) in [7, 11) is 1.67. The van der Waals surface area contributed by atoms with Crippen LogP contribution >= 0.6 is 15.9 Å². The van der Waals surface area contributed by atoms with Crippen molar-refractivity contribution in [2.75, 3.05) is 32.2 Å². The smallest absolute Gasteiger partial charge is 0.133 e. The summed E-state index contributed by atoms with van der Waals surface area (Å²) in [6.07, 6.45) is 0. The predicted octanol–water partition coefficient (Wildman–Crippen LogP) is 2.91. The molecule has 0 unspecified atom stereocenters. The van der Waals surface area contributed by atoms with Crippen LogP contribution in [0.3, 0.4) is 0 Å². The second-order valence-corrected chi connectivity index (χ2v) is 5.36. The van der Waals surface area contributed by atoms with Crippen LogP contribution in [0.1, 0.15) is 6.92 Å². The molecule has 0 saturated carbocycles. The van der Waals surface area contributed by atoms with Crippen LogP contribution in [0, 0.1) is 5.41 Å². The number of benzene rings is 1. The van der Waals surface area contributed by atoms with Crippen molar-refractivity contribution in [3.8, 4) is 5.75 Å². The van der Waals surface area contributed by atoms with Crippen molar-refractivity contribution in [1.29, 1.82) is 0 Å². The second-order valence-electron chi connectivity index (χ2n) is 4.51. The number of halogens is 1. The molecule has 1 N–H and O–H groups in total. The van der Waals surface area contributed by atoms with E-state index in [4.69, 9.17) is 9.47 Å². The van der Waals surface area contributed by atoms with Crippen molar-refractivity contribution in [1.82, 2.24) is 0 Å². The highest BCUT2D eigenvalue weighted by Gasteiger charge is 2.32. The number of nitrogens with one attached hydrogen (secondary N) is 1. The standard InChI is InChI=1S/C12H16BrNO2/c1-12(7-16-8-12)6-14-9-3-4-11(15-2)10(13)5-9/h3-5,14H,6-8H2,1-2H3. The minimum atomic E-state index is 0.284. The molecule has 0 radical (unpaired) electrons. The van der Waals surface area contributed by atoms with Gasteiger partial charge in [0.2, 0.25) is 0 Å². The summed E-state index contributed by atoms with van der Waals surface area (Å²) in [6, 6.07) is 6.00. The lowest BCUT2D eigenvalue weighted by Crippen LogP contribution is -2.45. The number of rotatable bonds is 4. The Morgan fingerprint density at radius 3 is 2.75 bits per heavy atom. The van der Waals surface area contributed by atoms with E-state index in [2.05, 4.69) is 28.2 Å². The Morgan fingerprint density at radius 2 is 2.25 bits per heavy atom. The largest absolute Gasteiger partial charge is 0.496 e. The molecule has 1 saturated heterocycles. The fourth-order valence-corrected chi connectivity index (χ4v) is 2.19. The lowest BCUT2D eigenvalue weighted by molar-refractivity contribution is -0.0924. The maximum absolute atomic E-state index is 5.22. The fraction of sp³-hybridized carbons (Fsp3) is 0.500. The molecule has 0 atom stereocenters. The van der Waals surface area contributed by atoms with Crippen LogP contribution in [-0.4, -0.2) is 26.9 Å². The Hall–Kier alpha value is -0.740. The molecular weight excluding hydrogens is 270 g/mol. The predicted molar refractivity (Wildman–Crippen MR) is 68.1 cm³/mol. The minimum Gasteiger partial charge on any atom is -0.496 e. The van der Waals surface area contributed by atoms with E-state index in [-0.39, 0.29) is 5.41 Å². The molecule has 0 amide bonds. The topological polar surface area (TPSA) is 30.5 Å². The molecule has 1 fully saturated rings. The van der Waals surface area contributed by atoms with Crippen LogP contribution in [0.25, 0.3) is 0 Å². The first kappa shape index (κ1) is 11.7. The molecule has 4 heteroatoms. The highest BCUT2D eigenvalue weighted by molar-refractivity contribution is 9.10. The van der Waals surface area contributed by atoms with E-state index >= 15 is 0 Å². The first-order valence-electron chi connectivity index (χ1n) is 5.28. The van der Waals surface area contributed by atoms with Crippen molar-refractivity contribution in [2.24, 2.45) is 5.41 Å². The summed E-state index contributed by atoms with van der Waals surface area (Å²) in [5.41, 5.74) is 1.38. The van der Waals surface area contributed by atoms with Crippen LogP contribution in [0.15, 0.2) is 22.7 Å². The highest BCUT2D eigenvalue weighted by atomic mass is 79.9. The van der Waals surface area contributed by atoms with Gasteiger partial charge in [-0.25, -0.2) is 0 Å². The molecule has 1 aromatic rings. The van der Waals surface area contributed by atoms with Crippen LogP contribution in [0.4, 0.5) is 5.69 Å². The first-order chi connectivity index (χ1) is 7.63. The minimum absolute atomic E-state index is 0.284. The number of methoxy groups -OCH3 is 1. The number of hydrogen-bond acceptors (Lipinski definition) is 3. The monoisotopic (exact) mass is 285 g/mol. The van der Waals surface area contributed by atoms with Gasteiger partial charge in [0.05, 0.1) is 24.8 Å². The lowest BCUT2D eigenvalue weighted by atomic mass is 9.89. The van der Waals surface area contributed by atoms with Gasteiger partial charge in [-0.3, -0.25) is 0 Å². The van der Waals surface area contributed by atoms with Gasteiger partial charge in [0.25, 0.3) is 0 Å². The molecule has 3 nitrogen and oxygen atoms in total. The van der Waals surface area contributed by atoms with Crippen LogP contribution in [0.5, 0.6) is 5.75 Å². The van der Waals surface area contributed by atoms with Gasteiger partial charge in [-0.05, 0) is 34.1 Å². The van der Waals surface area contributed by atoms with Crippen LogP contribution in [0.2, 0.25) is 0 Å². The number of anilines is 1. The van der Waals surface area contributed by atoms with E-state index in [1.807, 2.05) is 18.2 Å². The van der Waals surface area contributed by atoms with Crippen molar-refractivity contribution < 1.29 is 9.47 Å². The van der Waals surface area contributed by atoms with Gasteiger partial charge in [-0.15, -0.1) is 0 Å². The summed E-state index contributed by atoms with van der Waals surface area (Å²) >= 11 is 3.47. The van der Waals surface area contributed by atoms with Gasteiger partial charge in [0.15, 0.2) is 0 Å². The Labute approximate surface area is 104 Å². The second kappa shape index (κ2) is 4.63. The van der Waals surface area contributed by atoms with Crippen molar-refractivity contribution in [3.63, 3.8) is 0 Å². The van der Waals surface area contributed by atoms with E-state index in [0.29, 0.717) is 0 Å². The van der Waals surface area contributed by atoms with Gasteiger partial charge in [-0.2, -0.15) is 0 Å². The Bertz CT molecular complexity index is 377. The van der Waals surface area contributed by atoms with Crippen molar-refractivity contribution >= 4 is 21.6 Å². The SMILES string of the molecule is COc1ccc(NCC2(C)COC2)cc1Br. The zero-order valence-electron chi connectivity index (χ0n) is 9.55. The molecule has 88 valence electrons. The average Bonchev–Trinajstić information content (AvgIpc) is 2.24. The highest BCUT2D eigenvalue weighted by Crippen LogP contribution is 2.30. The Kier molecular flexibility index (Phi) is 3.40. The van der Waals surface area contributed by atoms with Crippen molar-refractivity contribution in [2.45, 2.75) is 6.92 Å². The summed E-state index contributed by atoms with van der Waals surface area (Å²) < 4.78 is 11.4. The summed E-state index contributed by atoms with van der Waals surface area (Å²) in [6.45, 7) is 4.85. The van der Waals surface area contributed by atoms with Gasteiger partial charge < -0.3 is 14.8 Å². The van der Waals surface area contributed by atoms with E-state index in [9.17, 15) is 0 Å². The third-order valence-electron chi connectivity index (χ3n) is 2.77.